The summed E-state index contributed by atoms with van der Waals surface area (Å²) in [5, 5.41) is 4.42. The molecule has 1 fully saturated rings. The van der Waals surface area contributed by atoms with Crippen LogP contribution < -0.4 is 5.69 Å². The second-order valence-electron chi connectivity index (χ2n) is 6.31. The van der Waals surface area contributed by atoms with E-state index in [-0.39, 0.29) is 42.4 Å². The molecule has 0 bridgehead atoms. The van der Waals surface area contributed by atoms with Gasteiger partial charge in [0.2, 0.25) is 5.92 Å². The molecule has 0 radical (unpaired) electrons. The van der Waals surface area contributed by atoms with Crippen LogP contribution >= 0.6 is 11.6 Å². The van der Waals surface area contributed by atoms with E-state index < -0.39 is 11.7 Å². The van der Waals surface area contributed by atoms with Gasteiger partial charge in [0.25, 0.3) is 0 Å². The van der Waals surface area contributed by atoms with Crippen LogP contribution in [0.4, 0.5) is 13.2 Å². The normalized spacial score (nSPS) is 19.8. The van der Waals surface area contributed by atoms with Crippen LogP contribution in [-0.2, 0) is 20.0 Å². The molecule has 0 aliphatic heterocycles. The van der Waals surface area contributed by atoms with E-state index in [1.54, 1.807) is 0 Å². The second-order valence-corrected chi connectivity index (χ2v) is 6.72. The van der Waals surface area contributed by atoms with Gasteiger partial charge >= 0.3 is 5.69 Å². The first-order chi connectivity index (χ1) is 11.2. The summed E-state index contributed by atoms with van der Waals surface area (Å²) < 4.78 is 42.5. The van der Waals surface area contributed by atoms with Crippen molar-refractivity contribution in [3.05, 3.63) is 50.9 Å². The summed E-state index contributed by atoms with van der Waals surface area (Å²) in [7, 11) is 1.51. The molecule has 24 heavy (non-hydrogen) atoms. The maximum absolute atomic E-state index is 13.4. The van der Waals surface area contributed by atoms with Crippen LogP contribution in [0.1, 0.15) is 30.7 Å². The Morgan fingerprint density at radius 1 is 1.42 bits per heavy atom. The van der Waals surface area contributed by atoms with E-state index in [1.807, 2.05) is 0 Å². The summed E-state index contributed by atoms with van der Waals surface area (Å²) in [6.07, 6.45) is 0.250. The number of halogens is 4. The zero-order valence-electron chi connectivity index (χ0n) is 13.1. The molecule has 2 aromatic rings. The molecule has 1 aromatic carbocycles. The van der Waals surface area contributed by atoms with Gasteiger partial charge in [-0.2, -0.15) is 5.10 Å². The van der Waals surface area contributed by atoms with Gasteiger partial charge in [0.05, 0.1) is 0 Å². The van der Waals surface area contributed by atoms with E-state index in [9.17, 15) is 18.0 Å². The van der Waals surface area contributed by atoms with E-state index >= 15 is 0 Å². The van der Waals surface area contributed by atoms with Crippen molar-refractivity contribution in [3.8, 4) is 0 Å². The number of hydrogen-bond acceptors (Lipinski definition) is 2. The summed E-state index contributed by atoms with van der Waals surface area (Å²) in [5.74, 6) is -2.93. The van der Waals surface area contributed by atoms with Gasteiger partial charge in [0, 0.05) is 37.9 Å². The first kappa shape index (κ1) is 17.1. The highest BCUT2D eigenvalue weighted by Gasteiger charge is 2.39. The Hall–Kier alpha value is -1.76. The number of benzene rings is 1. The second kappa shape index (κ2) is 6.27. The number of nitrogens with zero attached hydrogens (tertiary/aromatic N) is 3. The summed E-state index contributed by atoms with van der Waals surface area (Å²) in [4.78, 5) is 12.3. The maximum Gasteiger partial charge on any atom is 0.345 e. The maximum atomic E-state index is 13.4. The fourth-order valence-corrected chi connectivity index (χ4v) is 3.39. The highest BCUT2D eigenvalue weighted by Crippen LogP contribution is 2.39. The molecule has 0 N–H and O–H groups in total. The third-order valence-electron chi connectivity index (χ3n) is 4.39. The van der Waals surface area contributed by atoms with Crippen LogP contribution in [0.25, 0.3) is 0 Å². The van der Waals surface area contributed by atoms with Crippen molar-refractivity contribution in [2.24, 2.45) is 13.0 Å². The fourth-order valence-electron chi connectivity index (χ4n) is 3.16. The predicted molar refractivity (Wildman–Crippen MR) is 84.0 cm³/mol. The Kier molecular flexibility index (Phi) is 4.46. The minimum absolute atomic E-state index is 0.147. The Bertz CT molecular complexity index is 815. The molecule has 1 aromatic heterocycles. The molecule has 1 heterocycles. The van der Waals surface area contributed by atoms with E-state index in [2.05, 4.69) is 5.10 Å². The Morgan fingerprint density at radius 3 is 2.79 bits per heavy atom. The molecular formula is C16H17ClF3N3O. The van der Waals surface area contributed by atoms with Crippen molar-refractivity contribution in [2.75, 3.05) is 0 Å². The predicted octanol–water partition coefficient (Wildman–Crippen LogP) is 3.40. The van der Waals surface area contributed by atoms with E-state index in [0.717, 1.165) is 0 Å². The van der Waals surface area contributed by atoms with Gasteiger partial charge in [-0.3, -0.25) is 4.57 Å². The van der Waals surface area contributed by atoms with Crippen molar-refractivity contribution in [3.63, 3.8) is 0 Å². The summed E-state index contributed by atoms with van der Waals surface area (Å²) in [6.45, 7) is 0.205. The van der Waals surface area contributed by atoms with Crippen molar-refractivity contribution >= 4 is 11.6 Å². The SMILES string of the molecule is Cn1nc(Cc2ccc(F)cc2Cl)n(CC2CCC(F)(F)C2)c1=O. The molecule has 1 aliphatic carbocycles. The minimum atomic E-state index is -2.66. The van der Waals surface area contributed by atoms with Gasteiger partial charge < -0.3 is 0 Å². The van der Waals surface area contributed by atoms with Gasteiger partial charge in [0.1, 0.15) is 11.6 Å². The van der Waals surface area contributed by atoms with Crippen molar-refractivity contribution in [1.29, 1.82) is 0 Å². The van der Waals surface area contributed by atoms with E-state index in [1.165, 1.54) is 34.5 Å². The van der Waals surface area contributed by atoms with Crippen LogP contribution in [0.15, 0.2) is 23.0 Å². The minimum Gasteiger partial charge on any atom is -0.278 e. The van der Waals surface area contributed by atoms with Crippen molar-refractivity contribution in [1.82, 2.24) is 14.3 Å². The molecule has 1 saturated carbocycles. The third kappa shape index (κ3) is 3.50. The van der Waals surface area contributed by atoms with Crippen LogP contribution in [0.3, 0.4) is 0 Å². The molecule has 0 spiro atoms. The number of rotatable bonds is 4. The molecule has 4 nitrogen and oxygen atoms in total. The van der Waals surface area contributed by atoms with Gasteiger partial charge in [-0.05, 0) is 30.0 Å². The van der Waals surface area contributed by atoms with Crippen LogP contribution in [0, 0.1) is 11.7 Å². The zero-order valence-corrected chi connectivity index (χ0v) is 13.9. The van der Waals surface area contributed by atoms with E-state index in [4.69, 9.17) is 11.6 Å². The topological polar surface area (TPSA) is 39.8 Å². The Labute approximate surface area is 141 Å². The lowest BCUT2D eigenvalue weighted by Gasteiger charge is -2.12. The molecule has 1 aliphatic rings. The lowest BCUT2D eigenvalue weighted by molar-refractivity contribution is 0.00428. The van der Waals surface area contributed by atoms with Gasteiger partial charge in [-0.25, -0.2) is 22.6 Å². The van der Waals surface area contributed by atoms with Crippen LogP contribution in [0.5, 0.6) is 0 Å². The zero-order chi connectivity index (χ0) is 17.5. The lowest BCUT2D eigenvalue weighted by atomic mass is 10.1. The van der Waals surface area contributed by atoms with Gasteiger partial charge in [-0.1, -0.05) is 17.7 Å². The standard InChI is InChI=1S/C16H17ClF3N3O/c1-22-15(24)23(9-10-4-5-16(19,20)8-10)14(21-22)6-11-2-3-12(18)7-13(11)17/h2-3,7,10H,4-6,8-9H2,1H3. The average Bonchev–Trinajstić information content (AvgIpc) is 2.96. The van der Waals surface area contributed by atoms with Crippen LogP contribution in [0.2, 0.25) is 5.02 Å². The highest BCUT2D eigenvalue weighted by molar-refractivity contribution is 6.31. The third-order valence-corrected chi connectivity index (χ3v) is 4.75. The van der Waals surface area contributed by atoms with Crippen molar-refractivity contribution in [2.45, 2.75) is 38.2 Å². The molecule has 130 valence electrons. The number of alkyl halides is 2. The molecule has 1 atom stereocenters. The Morgan fingerprint density at radius 2 is 2.17 bits per heavy atom. The molecule has 8 heteroatoms. The first-order valence-electron chi connectivity index (χ1n) is 7.69. The highest BCUT2D eigenvalue weighted by atomic mass is 35.5. The monoisotopic (exact) mass is 359 g/mol. The van der Waals surface area contributed by atoms with Gasteiger partial charge in [0.15, 0.2) is 0 Å². The number of aromatic nitrogens is 3. The summed E-state index contributed by atoms with van der Waals surface area (Å²) >= 11 is 6.02. The van der Waals surface area contributed by atoms with Crippen LogP contribution in [-0.4, -0.2) is 20.3 Å². The summed E-state index contributed by atoms with van der Waals surface area (Å²) in [5.41, 5.74) is 0.278. The fraction of sp³-hybridized carbons (Fsp3) is 0.500. The van der Waals surface area contributed by atoms with Gasteiger partial charge in [-0.15, -0.1) is 0 Å². The molecule has 3 rings (SSSR count). The number of hydrogen-bond donors (Lipinski definition) is 0. The smallest absolute Gasteiger partial charge is 0.278 e. The molecule has 0 amide bonds. The lowest BCUT2D eigenvalue weighted by Crippen LogP contribution is -2.26. The largest absolute Gasteiger partial charge is 0.345 e. The van der Waals surface area contributed by atoms with Crippen molar-refractivity contribution < 1.29 is 13.2 Å². The molecule has 1 unspecified atom stereocenters. The quantitative estimate of drug-likeness (QED) is 0.839. The average molecular weight is 360 g/mol. The molecule has 0 saturated heterocycles. The first-order valence-corrected chi connectivity index (χ1v) is 8.07. The molecular weight excluding hydrogens is 343 g/mol. The summed E-state index contributed by atoms with van der Waals surface area (Å²) in [6, 6.07) is 4.01. The Balaban J connectivity index is 1.86. The van der Waals surface area contributed by atoms with E-state index in [0.29, 0.717) is 17.8 Å². The number of aryl methyl sites for hydroxylation is 1.